The van der Waals surface area contributed by atoms with Crippen LogP contribution in [0.2, 0.25) is 5.02 Å². The normalized spacial score (nSPS) is 21.0. The number of hydrogen-bond donors (Lipinski definition) is 0. The molecule has 7 heteroatoms. The van der Waals surface area contributed by atoms with Crippen molar-refractivity contribution in [1.29, 1.82) is 0 Å². The van der Waals surface area contributed by atoms with Gasteiger partial charge in [0.1, 0.15) is 11.1 Å². The molecule has 0 aromatic carbocycles. The number of rotatable bonds is 4. The molecule has 0 saturated heterocycles. The predicted molar refractivity (Wildman–Crippen MR) is 104 cm³/mol. The van der Waals surface area contributed by atoms with Gasteiger partial charge >= 0.3 is 5.97 Å². The van der Waals surface area contributed by atoms with Crippen LogP contribution in [0.3, 0.4) is 0 Å². The minimum atomic E-state index is -0.347. The van der Waals surface area contributed by atoms with Gasteiger partial charge in [0.15, 0.2) is 0 Å². The van der Waals surface area contributed by atoms with Gasteiger partial charge in [-0.15, -0.1) is 11.3 Å². The monoisotopic (exact) mass is 407 g/mol. The van der Waals surface area contributed by atoms with Gasteiger partial charge in [-0.2, -0.15) is 0 Å². The van der Waals surface area contributed by atoms with Crippen LogP contribution in [0, 0.1) is 0 Å². The fraction of sp³-hybridized carbons (Fsp3) is 0.550. The molecule has 0 spiro atoms. The third-order valence-electron chi connectivity index (χ3n) is 5.59. The summed E-state index contributed by atoms with van der Waals surface area (Å²) < 4.78 is 5.59. The van der Waals surface area contributed by atoms with E-state index in [-0.39, 0.29) is 30.3 Å². The van der Waals surface area contributed by atoms with Crippen LogP contribution in [0.15, 0.2) is 16.5 Å². The van der Waals surface area contributed by atoms with Crippen molar-refractivity contribution in [1.82, 2.24) is 0 Å². The summed E-state index contributed by atoms with van der Waals surface area (Å²) in [7, 11) is 0. The molecular weight excluding hydrogens is 386 g/mol. The second kappa shape index (κ2) is 7.76. The Labute approximate surface area is 167 Å². The molecule has 1 aliphatic heterocycles. The Bertz CT molecular complexity index is 794. The van der Waals surface area contributed by atoms with E-state index in [4.69, 9.17) is 16.3 Å². The van der Waals surface area contributed by atoms with Crippen LogP contribution in [0.25, 0.3) is 0 Å². The van der Waals surface area contributed by atoms with Gasteiger partial charge in [-0.3, -0.25) is 14.4 Å². The zero-order valence-electron chi connectivity index (χ0n) is 15.1. The van der Waals surface area contributed by atoms with E-state index in [2.05, 4.69) is 0 Å². The maximum atomic E-state index is 12.8. The van der Waals surface area contributed by atoms with Crippen LogP contribution in [-0.2, 0) is 25.5 Å². The lowest BCUT2D eigenvalue weighted by Crippen LogP contribution is -2.32. The lowest BCUT2D eigenvalue weighted by atomic mass is 9.93. The molecule has 2 amide bonds. The standard InChI is InChI=1S/C20H22ClNO4S/c21-16-11-27-20(15(16)10-17(23)26-12-6-2-1-3-7-12)22-18(24)13-8-4-5-9-14(13)19(22)25/h11-12H,1-10H2. The average Bonchev–Trinajstić information content (AvgIpc) is 3.14. The summed E-state index contributed by atoms with van der Waals surface area (Å²) in [5.74, 6) is -0.856. The van der Waals surface area contributed by atoms with Crippen LogP contribution >= 0.6 is 22.9 Å². The molecule has 0 radical (unpaired) electrons. The highest BCUT2D eigenvalue weighted by Crippen LogP contribution is 2.42. The highest BCUT2D eigenvalue weighted by atomic mass is 35.5. The first-order chi connectivity index (χ1) is 13.1. The van der Waals surface area contributed by atoms with E-state index in [1.807, 2.05) is 0 Å². The summed E-state index contributed by atoms with van der Waals surface area (Å²) in [5.41, 5.74) is 1.78. The minimum absolute atomic E-state index is 0.0180. The van der Waals surface area contributed by atoms with Crippen molar-refractivity contribution < 1.29 is 19.1 Å². The summed E-state index contributed by atoms with van der Waals surface area (Å²) >= 11 is 7.53. The van der Waals surface area contributed by atoms with Crippen LogP contribution in [-0.4, -0.2) is 23.9 Å². The molecule has 2 heterocycles. The molecular formula is C20H22ClNO4S. The number of imide groups is 1. The van der Waals surface area contributed by atoms with Gasteiger partial charge in [-0.05, 0) is 51.4 Å². The van der Waals surface area contributed by atoms with Crippen molar-refractivity contribution in [3.63, 3.8) is 0 Å². The number of esters is 1. The number of amides is 2. The Balaban J connectivity index is 1.53. The van der Waals surface area contributed by atoms with E-state index in [1.54, 1.807) is 5.38 Å². The SMILES string of the molecule is O=C(Cc1c(Cl)csc1N1C(=O)C2=C(CCCC2)C1=O)OC1CCCCC1. The molecule has 0 N–H and O–H groups in total. The van der Waals surface area contributed by atoms with Crippen molar-refractivity contribution in [3.8, 4) is 0 Å². The van der Waals surface area contributed by atoms with Crippen LogP contribution in [0.4, 0.5) is 5.00 Å². The van der Waals surface area contributed by atoms with E-state index in [9.17, 15) is 14.4 Å². The Hall–Kier alpha value is -1.66. The van der Waals surface area contributed by atoms with E-state index in [0.717, 1.165) is 38.5 Å². The van der Waals surface area contributed by atoms with Gasteiger partial charge < -0.3 is 4.74 Å². The fourth-order valence-electron chi connectivity index (χ4n) is 4.18. The smallest absolute Gasteiger partial charge is 0.310 e. The number of anilines is 1. The number of carbonyl (C=O) groups is 3. The van der Waals surface area contributed by atoms with E-state index in [1.165, 1.54) is 22.7 Å². The van der Waals surface area contributed by atoms with Crippen molar-refractivity contribution in [2.45, 2.75) is 70.3 Å². The van der Waals surface area contributed by atoms with Crippen molar-refractivity contribution in [2.24, 2.45) is 0 Å². The topological polar surface area (TPSA) is 63.7 Å². The van der Waals surface area contributed by atoms with Gasteiger partial charge in [-0.25, -0.2) is 4.90 Å². The van der Waals surface area contributed by atoms with Crippen molar-refractivity contribution in [3.05, 3.63) is 27.1 Å². The first-order valence-electron chi connectivity index (χ1n) is 9.62. The Kier molecular flexibility index (Phi) is 5.37. The third kappa shape index (κ3) is 3.57. The summed E-state index contributed by atoms with van der Waals surface area (Å²) in [6, 6.07) is 0. The van der Waals surface area contributed by atoms with Crippen molar-refractivity contribution in [2.75, 3.05) is 4.90 Å². The van der Waals surface area contributed by atoms with Crippen molar-refractivity contribution >= 4 is 45.7 Å². The largest absolute Gasteiger partial charge is 0.462 e. The Morgan fingerprint density at radius 3 is 2.33 bits per heavy atom. The lowest BCUT2D eigenvalue weighted by molar-refractivity contribution is -0.149. The van der Waals surface area contributed by atoms with Gasteiger partial charge in [0.05, 0.1) is 11.4 Å². The van der Waals surface area contributed by atoms with Crippen LogP contribution < -0.4 is 4.90 Å². The molecule has 3 aliphatic rings. The number of nitrogens with zero attached hydrogens (tertiary/aromatic N) is 1. The van der Waals surface area contributed by atoms with Gasteiger partial charge in [0, 0.05) is 22.1 Å². The fourth-order valence-corrected chi connectivity index (χ4v) is 5.48. The molecule has 144 valence electrons. The lowest BCUT2D eigenvalue weighted by Gasteiger charge is -2.22. The number of thiophene rings is 1. The zero-order valence-corrected chi connectivity index (χ0v) is 16.7. The molecule has 2 aliphatic carbocycles. The molecule has 1 aromatic rings. The first kappa shape index (κ1) is 18.7. The van der Waals surface area contributed by atoms with E-state index < -0.39 is 0 Å². The number of hydrogen-bond acceptors (Lipinski definition) is 5. The summed E-state index contributed by atoms with van der Waals surface area (Å²) in [5, 5.41) is 2.55. The maximum Gasteiger partial charge on any atom is 0.310 e. The molecule has 4 rings (SSSR count). The van der Waals surface area contributed by atoms with Gasteiger partial charge in [-0.1, -0.05) is 18.0 Å². The average molecular weight is 408 g/mol. The van der Waals surface area contributed by atoms with Crippen LogP contribution in [0.1, 0.15) is 63.4 Å². The van der Waals surface area contributed by atoms with E-state index >= 15 is 0 Å². The molecule has 1 aromatic heterocycles. The quantitative estimate of drug-likeness (QED) is 0.542. The van der Waals surface area contributed by atoms with E-state index in [0.29, 0.717) is 39.6 Å². The number of ether oxygens (including phenoxy) is 1. The molecule has 5 nitrogen and oxygen atoms in total. The summed E-state index contributed by atoms with van der Waals surface area (Å²) in [6.07, 6.45) is 8.24. The second-order valence-electron chi connectivity index (χ2n) is 7.40. The molecule has 1 saturated carbocycles. The van der Waals surface area contributed by atoms with Crippen LogP contribution in [0.5, 0.6) is 0 Å². The number of carbonyl (C=O) groups excluding carboxylic acids is 3. The Morgan fingerprint density at radius 2 is 1.70 bits per heavy atom. The summed E-state index contributed by atoms with van der Waals surface area (Å²) in [6.45, 7) is 0. The third-order valence-corrected chi connectivity index (χ3v) is 7.06. The van der Waals surface area contributed by atoms with Gasteiger partial charge in [0.2, 0.25) is 0 Å². The minimum Gasteiger partial charge on any atom is -0.462 e. The first-order valence-corrected chi connectivity index (χ1v) is 10.9. The molecule has 0 bridgehead atoms. The van der Waals surface area contributed by atoms with Gasteiger partial charge in [0.25, 0.3) is 11.8 Å². The predicted octanol–water partition coefficient (Wildman–Crippen LogP) is 4.56. The summed E-state index contributed by atoms with van der Waals surface area (Å²) in [4.78, 5) is 39.3. The molecule has 27 heavy (non-hydrogen) atoms. The maximum absolute atomic E-state index is 12.8. The molecule has 1 fully saturated rings. The zero-order chi connectivity index (χ0) is 19.0. The molecule has 0 unspecified atom stereocenters. The highest BCUT2D eigenvalue weighted by molar-refractivity contribution is 7.15. The Morgan fingerprint density at radius 1 is 1.07 bits per heavy atom. The highest BCUT2D eigenvalue weighted by Gasteiger charge is 2.41. The number of halogens is 1. The molecule has 0 atom stereocenters. The second-order valence-corrected chi connectivity index (χ2v) is 8.67.